The topological polar surface area (TPSA) is 110 Å². The fourth-order valence-corrected chi connectivity index (χ4v) is 1.47. The smallest absolute Gasteiger partial charge is 0.330 e. The first-order chi connectivity index (χ1) is 8.41. The number of nitrogens with one attached hydrogen (secondary N) is 1. The number of anilines is 1. The van der Waals surface area contributed by atoms with Gasteiger partial charge in [-0.25, -0.2) is 0 Å². The van der Waals surface area contributed by atoms with Crippen LogP contribution < -0.4 is 5.32 Å². The van der Waals surface area contributed by atoms with Gasteiger partial charge in [0.15, 0.2) is 0 Å². The standard InChI is InChI=1S/C10H16N4O4/c1-7(10(15)16)4-3-5-11-9-8(14(17)18)6-13(2)12-9/h6-7H,3-5H2,1-2H3,(H,11,12)(H,15,16). The molecule has 0 saturated carbocycles. The molecule has 1 unspecified atom stereocenters. The van der Waals surface area contributed by atoms with Crippen LogP contribution in [0.1, 0.15) is 19.8 Å². The minimum atomic E-state index is -0.834. The first-order valence-electron chi connectivity index (χ1n) is 5.56. The highest BCUT2D eigenvalue weighted by molar-refractivity contribution is 5.69. The summed E-state index contributed by atoms with van der Waals surface area (Å²) in [5, 5.41) is 26.2. The lowest BCUT2D eigenvalue weighted by molar-refractivity contribution is -0.384. The molecule has 18 heavy (non-hydrogen) atoms. The number of carbonyl (C=O) groups is 1. The molecule has 0 aliphatic heterocycles. The molecule has 0 aromatic carbocycles. The average molecular weight is 256 g/mol. The number of hydrogen-bond acceptors (Lipinski definition) is 5. The third-order valence-corrected chi connectivity index (χ3v) is 2.53. The zero-order chi connectivity index (χ0) is 13.7. The van der Waals surface area contributed by atoms with E-state index in [1.54, 1.807) is 14.0 Å². The Balaban J connectivity index is 2.44. The number of carboxylic acid groups (broad SMARTS) is 1. The highest BCUT2D eigenvalue weighted by Gasteiger charge is 2.18. The Morgan fingerprint density at radius 3 is 2.94 bits per heavy atom. The molecule has 8 heteroatoms. The number of rotatable bonds is 7. The van der Waals surface area contributed by atoms with Gasteiger partial charge < -0.3 is 10.4 Å². The van der Waals surface area contributed by atoms with Crippen LogP contribution in [0.15, 0.2) is 6.20 Å². The van der Waals surface area contributed by atoms with E-state index in [1.165, 1.54) is 10.9 Å². The van der Waals surface area contributed by atoms with E-state index in [4.69, 9.17) is 5.11 Å². The molecule has 0 amide bonds. The monoisotopic (exact) mass is 256 g/mol. The molecule has 0 bridgehead atoms. The van der Waals surface area contributed by atoms with Gasteiger partial charge in [-0.15, -0.1) is 5.10 Å². The van der Waals surface area contributed by atoms with Crippen molar-refractivity contribution in [2.45, 2.75) is 19.8 Å². The van der Waals surface area contributed by atoms with Crippen molar-refractivity contribution >= 4 is 17.5 Å². The molecule has 1 aromatic rings. The number of nitrogens with zero attached hydrogens (tertiary/aromatic N) is 3. The maximum atomic E-state index is 10.7. The normalized spacial score (nSPS) is 12.1. The van der Waals surface area contributed by atoms with Crippen molar-refractivity contribution in [2.24, 2.45) is 13.0 Å². The zero-order valence-corrected chi connectivity index (χ0v) is 10.3. The summed E-state index contributed by atoms with van der Waals surface area (Å²) in [6.07, 6.45) is 2.45. The third-order valence-electron chi connectivity index (χ3n) is 2.53. The molecule has 2 N–H and O–H groups in total. The Morgan fingerprint density at radius 1 is 1.72 bits per heavy atom. The van der Waals surface area contributed by atoms with E-state index in [-0.39, 0.29) is 11.5 Å². The van der Waals surface area contributed by atoms with E-state index < -0.39 is 16.8 Å². The van der Waals surface area contributed by atoms with Gasteiger partial charge in [0.25, 0.3) is 0 Å². The van der Waals surface area contributed by atoms with E-state index in [0.717, 1.165) is 0 Å². The van der Waals surface area contributed by atoms with E-state index in [0.29, 0.717) is 19.4 Å². The van der Waals surface area contributed by atoms with Crippen molar-refractivity contribution in [3.8, 4) is 0 Å². The first-order valence-corrected chi connectivity index (χ1v) is 5.56. The molecule has 1 heterocycles. The van der Waals surface area contributed by atoms with Crippen molar-refractivity contribution in [2.75, 3.05) is 11.9 Å². The summed E-state index contributed by atoms with van der Waals surface area (Å²) in [6, 6.07) is 0. The molecule has 0 saturated heterocycles. The zero-order valence-electron chi connectivity index (χ0n) is 10.3. The molecule has 0 radical (unpaired) electrons. The van der Waals surface area contributed by atoms with Gasteiger partial charge in [-0.3, -0.25) is 19.6 Å². The second kappa shape index (κ2) is 5.99. The molecule has 1 atom stereocenters. The molecular formula is C10H16N4O4. The summed E-state index contributed by atoms with van der Waals surface area (Å²) in [7, 11) is 1.60. The van der Waals surface area contributed by atoms with E-state index in [9.17, 15) is 14.9 Å². The molecular weight excluding hydrogens is 240 g/mol. The van der Waals surface area contributed by atoms with Crippen LogP contribution in [0.5, 0.6) is 0 Å². The Kier molecular flexibility index (Phi) is 4.64. The first kappa shape index (κ1) is 13.9. The van der Waals surface area contributed by atoms with Gasteiger partial charge in [-0.1, -0.05) is 6.92 Å². The molecule has 100 valence electrons. The molecule has 0 aliphatic rings. The number of aromatic nitrogens is 2. The van der Waals surface area contributed by atoms with E-state index >= 15 is 0 Å². The van der Waals surface area contributed by atoms with Gasteiger partial charge in [0.05, 0.1) is 10.8 Å². The van der Waals surface area contributed by atoms with Crippen molar-refractivity contribution in [1.29, 1.82) is 0 Å². The lowest BCUT2D eigenvalue weighted by Gasteiger charge is -2.06. The molecule has 0 fully saturated rings. The lowest BCUT2D eigenvalue weighted by Crippen LogP contribution is -2.12. The van der Waals surface area contributed by atoms with Crippen molar-refractivity contribution in [1.82, 2.24) is 9.78 Å². The van der Waals surface area contributed by atoms with Crippen LogP contribution in [0.3, 0.4) is 0 Å². The minimum Gasteiger partial charge on any atom is -0.481 e. The van der Waals surface area contributed by atoms with Crippen molar-refractivity contribution in [3.05, 3.63) is 16.3 Å². The molecule has 0 aliphatic carbocycles. The largest absolute Gasteiger partial charge is 0.481 e. The molecule has 0 spiro atoms. The molecule has 8 nitrogen and oxygen atoms in total. The van der Waals surface area contributed by atoms with E-state index in [2.05, 4.69) is 10.4 Å². The minimum absolute atomic E-state index is 0.0798. The van der Waals surface area contributed by atoms with Gasteiger partial charge in [0, 0.05) is 13.6 Å². The number of carboxylic acids is 1. The summed E-state index contributed by atoms with van der Waals surface area (Å²) in [4.78, 5) is 20.8. The summed E-state index contributed by atoms with van der Waals surface area (Å²) < 4.78 is 1.36. The van der Waals surface area contributed by atoms with Crippen molar-refractivity contribution < 1.29 is 14.8 Å². The Bertz CT molecular complexity index is 443. The second-order valence-electron chi connectivity index (χ2n) is 4.10. The second-order valence-corrected chi connectivity index (χ2v) is 4.10. The van der Waals surface area contributed by atoms with Crippen LogP contribution in [0, 0.1) is 16.0 Å². The SMILES string of the molecule is CC(CCCNc1nn(C)cc1[N+](=O)[O-])C(=O)O. The number of hydrogen-bond donors (Lipinski definition) is 2. The summed E-state index contributed by atoms with van der Waals surface area (Å²) in [5.41, 5.74) is -0.0798. The fourth-order valence-electron chi connectivity index (χ4n) is 1.47. The lowest BCUT2D eigenvalue weighted by atomic mass is 10.1. The van der Waals surface area contributed by atoms with Crippen LogP contribution in [0.4, 0.5) is 11.5 Å². The highest BCUT2D eigenvalue weighted by Crippen LogP contribution is 2.21. The summed E-state index contributed by atoms with van der Waals surface area (Å²) in [5.74, 6) is -1.03. The van der Waals surface area contributed by atoms with Gasteiger partial charge in [0.1, 0.15) is 6.20 Å². The molecule has 1 rings (SSSR count). The van der Waals surface area contributed by atoms with Crippen LogP contribution in [0.2, 0.25) is 0 Å². The highest BCUT2D eigenvalue weighted by atomic mass is 16.6. The van der Waals surface area contributed by atoms with E-state index in [1.807, 2.05) is 0 Å². The predicted octanol–water partition coefficient (Wildman–Crippen LogP) is 1.24. The van der Waals surface area contributed by atoms with Crippen LogP contribution in [-0.4, -0.2) is 32.3 Å². The number of aliphatic carboxylic acids is 1. The quantitative estimate of drug-likeness (QED) is 0.431. The van der Waals surface area contributed by atoms with Gasteiger partial charge in [-0.05, 0) is 12.8 Å². The third kappa shape index (κ3) is 3.72. The van der Waals surface area contributed by atoms with Crippen LogP contribution in [0.25, 0.3) is 0 Å². The Hall–Kier alpha value is -2.12. The van der Waals surface area contributed by atoms with Crippen LogP contribution in [-0.2, 0) is 11.8 Å². The Labute approximate surface area is 104 Å². The van der Waals surface area contributed by atoms with Gasteiger partial charge >= 0.3 is 11.7 Å². The number of nitro groups is 1. The van der Waals surface area contributed by atoms with Gasteiger partial charge in [0.2, 0.25) is 5.82 Å². The average Bonchev–Trinajstić information content (AvgIpc) is 2.65. The van der Waals surface area contributed by atoms with Gasteiger partial charge in [-0.2, -0.15) is 0 Å². The Morgan fingerprint density at radius 2 is 2.39 bits per heavy atom. The predicted molar refractivity (Wildman–Crippen MR) is 64.4 cm³/mol. The van der Waals surface area contributed by atoms with Crippen LogP contribution >= 0.6 is 0 Å². The maximum Gasteiger partial charge on any atom is 0.330 e. The fraction of sp³-hybridized carbons (Fsp3) is 0.600. The molecule has 1 aromatic heterocycles. The summed E-state index contributed by atoms with van der Waals surface area (Å²) >= 11 is 0. The number of aryl methyl sites for hydroxylation is 1. The maximum absolute atomic E-state index is 10.7. The summed E-state index contributed by atoms with van der Waals surface area (Å²) in [6.45, 7) is 2.08. The van der Waals surface area contributed by atoms with Crippen molar-refractivity contribution in [3.63, 3.8) is 0 Å².